The molecular weight excluding hydrogens is 406 g/mol. The molecule has 0 fully saturated rings. The van der Waals surface area contributed by atoms with E-state index in [1.165, 1.54) is 11.8 Å². The number of rotatable bonds is 7. The van der Waals surface area contributed by atoms with Crippen LogP contribution in [0.1, 0.15) is 12.5 Å². The number of nitrogens with zero attached hydrogens (tertiary/aromatic N) is 4. The minimum absolute atomic E-state index is 0.186. The molecular formula is C21H20ClN5OS. The van der Waals surface area contributed by atoms with Crippen molar-refractivity contribution >= 4 is 41.1 Å². The molecule has 1 heterocycles. The summed E-state index contributed by atoms with van der Waals surface area (Å²) in [6, 6.07) is 17.3. The number of carbonyl (C=O) groups excluding carboxylic acids is 1. The molecule has 29 heavy (non-hydrogen) atoms. The number of hydrogen-bond donors (Lipinski definition) is 1. The van der Waals surface area contributed by atoms with Crippen molar-refractivity contribution in [3.8, 4) is 11.4 Å². The fraction of sp³-hybridized carbons (Fsp3) is 0.143. The quantitative estimate of drug-likeness (QED) is 0.345. The summed E-state index contributed by atoms with van der Waals surface area (Å²) in [4.78, 5) is 12.1. The summed E-state index contributed by atoms with van der Waals surface area (Å²) in [5.74, 6) is 0.689. The second-order valence-corrected chi connectivity index (χ2v) is 7.57. The lowest BCUT2D eigenvalue weighted by Crippen LogP contribution is -2.20. The molecule has 0 bridgehead atoms. The van der Waals surface area contributed by atoms with Crippen LogP contribution in [0.25, 0.3) is 17.5 Å². The van der Waals surface area contributed by atoms with Crippen LogP contribution in [0.2, 0.25) is 5.02 Å². The zero-order valence-electron chi connectivity index (χ0n) is 16.0. The maximum absolute atomic E-state index is 12.1. The van der Waals surface area contributed by atoms with E-state index in [1.54, 1.807) is 12.1 Å². The highest BCUT2D eigenvalue weighted by molar-refractivity contribution is 7.99. The lowest BCUT2D eigenvalue weighted by molar-refractivity contribution is -0.118. The predicted octanol–water partition coefficient (Wildman–Crippen LogP) is 4.43. The van der Waals surface area contributed by atoms with Gasteiger partial charge in [0.25, 0.3) is 5.91 Å². The zero-order chi connectivity index (χ0) is 20.6. The summed E-state index contributed by atoms with van der Waals surface area (Å²) in [5.41, 5.74) is 5.24. The highest BCUT2D eigenvalue weighted by Crippen LogP contribution is 2.23. The standard InChI is InChI=1S/C21H20ClN5OS/c1-15(8-9-16-6-4-3-5-7-16)23-24-19(28)14-29-21-26-25-20(27(21)2)17-10-12-18(22)13-11-17/h3-13H,14H2,1-2H3,(H,24,28)/b9-8+,23-15-. The molecule has 148 valence electrons. The Kier molecular flexibility index (Phi) is 7.21. The van der Waals surface area contributed by atoms with Gasteiger partial charge in [0.05, 0.1) is 11.5 Å². The van der Waals surface area contributed by atoms with E-state index in [9.17, 15) is 4.79 Å². The number of thioether (sulfide) groups is 1. The van der Waals surface area contributed by atoms with Crippen molar-refractivity contribution in [2.75, 3.05) is 5.75 Å². The van der Waals surface area contributed by atoms with Gasteiger partial charge in [-0.2, -0.15) is 5.10 Å². The number of benzene rings is 2. The lowest BCUT2D eigenvalue weighted by atomic mass is 10.2. The summed E-state index contributed by atoms with van der Waals surface area (Å²) in [6.45, 7) is 1.83. The third kappa shape index (κ3) is 6.04. The highest BCUT2D eigenvalue weighted by Gasteiger charge is 2.12. The molecule has 0 atom stereocenters. The Morgan fingerprint density at radius 3 is 2.62 bits per heavy atom. The van der Waals surface area contributed by atoms with Crippen molar-refractivity contribution in [2.24, 2.45) is 12.1 Å². The molecule has 8 heteroatoms. The van der Waals surface area contributed by atoms with Gasteiger partial charge in [-0.1, -0.05) is 59.8 Å². The maximum atomic E-state index is 12.1. The monoisotopic (exact) mass is 425 g/mol. The number of hydrogen-bond acceptors (Lipinski definition) is 5. The van der Waals surface area contributed by atoms with Crippen LogP contribution in [0.4, 0.5) is 0 Å². The van der Waals surface area contributed by atoms with E-state index in [2.05, 4.69) is 20.7 Å². The SMILES string of the molecule is CC(/C=C/c1ccccc1)=N/NC(=O)CSc1nnc(-c2ccc(Cl)cc2)n1C. The molecule has 3 aromatic rings. The molecule has 0 radical (unpaired) electrons. The summed E-state index contributed by atoms with van der Waals surface area (Å²) in [7, 11) is 1.86. The Hall–Kier alpha value is -2.90. The van der Waals surface area contributed by atoms with E-state index < -0.39 is 0 Å². The normalized spacial score (nSPS) is 11.8. The van der Waals surface area contributed by atoms with Gasteiger partial charge in [-0.3, -0.25) is 4.79 Å². The van der Waals surface area contributed by atoms with Gasteiger partial charge in [-0.05, 0) is 42.8 Å². The minimum Gasteiger partial charge on any atom is -0.305 e. The van der Waals surface area contributed by atoms with Crippen molar-refractivity contribution in [1.29, 1.82) is 0 Å². The molecule has 2 aromatic carbocycles. The van der Waals surface area contributed by atoms with E-state index in [0.717, 1.165) is 11.1 Å². The average molecular weight is 426 g/mol. The van der Waals surface area contributed by atoms with Gasteiger partial charge in [0.15, 0.2) is 11.0 Å². The van der Waals surface area contributed by atoms with Gasteiger partial charge in [0.1, 0.15) is 0 Å². The molecule has 3 rings (SSSR count). The first-order valence-corrected chi connectivity index (χ1v) is 10.2. The molecule has 0 aliphatic heterocycles. The molecule has 0 saturated carbocycles. The van der Waals surface area contributed by atoms with Crippen LogP contribution in [0.15, 0.2) is 70.9 Å². The van der Waals surface area contributed by atoms with E-state index in [4.69, 9.17) is 11.6 Å². The lowest BCUT2D eigenvalue weighted by Gasteiger charge is -2.04. The van der Waals surface area contributed by atoms with Crippen molar-refractivity contribution < 1.29 is 4.79 Å². The number of nitrogens with one attached hydrogen (secondary N) is 1. The number of halogens is 1. The summed E-state index contributed by atoms with van der Waals surface area (Å²) in [5, 5.41) is 13.8. The van der Waals surface area contributed by atoms with Crippen molar-refractivity contribution in [3.63, 3.8) is 0 Å². The average Bonchev–Trinajstić information content (AvgIpc) is 3.11. The Balaban J connectivity index is 1.53. The van der Waals surface area contributed by atoms with Crippen LogP contribution in [0.3, 0.4) is 0 Å². The molecule has 0 spiro atoms. The number of aromatic nitrogens is 3. The smallest absolute Gasteiger partial charge is 0.250 e. The summed E-state index contributed by atoms with van der Waals surface area (Å²) >= 11 is 7.22. The van der Waals surface area contributed by atoms with Gasteiger partial charge in [-0.25, -0.2) is 5.43 Å². The number of carbonyl (C=O) groups is 1. The Morgan fingerprint density at radius 1 is 1.17 bits per heavy atom. The minimum atomic E-state index is -0.210. The number of allylic oxidation sites excluding steroid dienone is 1. The molecule has 0 unspecified atom stereocenters. The van der Waals surface area contributed by atoms with Gasteiger partial charge >= 0.3 is 0 Å². The fourth-order valence-corrected chi connectivity index (χ4v) is 3.25. The van der Waals surface area contributed by atoms with Crippen LogP contribution >= 0.6 is 23.4 Å². The van der Waals surface area contributed by atoms with E-state index >= 15 is 0 Å². The van der Waals surface area contributed by atoms with Crippen LogP contribution in [0, 0.1) is 0 Å². The first-order chi connectivity index (χ1) is 14.0. The first kappa shape index (κ1) is 20.8. The van der Waals surface area contributed by atoms with Crippen LogP contribution < -0.4 is 5.43 Å². The second-order valence-electron chi connectivity index (χ2n) is 6.19. The van der Waals surface area contributed by atoms with Crippen LogP contribution in [0.5, 0.6) is 0 Å². The second kappa shape index (κ2) is 10.0. The summed E-state index contributed by atoms with van der Waals surface area (Å²) in [6.07, 6.45) is 3.79. The van der Waals surface area contributed by atoms with Crippen molar-refractivity contribution in [1.82, 2.24) is 20.2 Å². The molecule has 1 amide bonds. The Labute approximate surface area is 178 Å². The molecule has 0 aliphatic carbocycles. The van der Waals surface area contributed by atoms with Crippen molar-refractivity contribution in [3.05, 3.63) is 71.3 Å². The topological polar surface area (TPSA) is 72.2 Å². The zero-order valence-corrected chi connectivity index (χ0v) is 17.6. The molecule has 0 aliphatic rings. The van der Waals surface area contributed by atoms with E-state index in [0.29, 0.717) is 21.7 Å². The van der Waals surface area contributed by atoms with Gasteiger partial charge in [0.2, 0.25) is 0 Å². The highest BCUT2D eigenvalue weighted by atomic mass is 35.5. The van der Waals surface area contributed by atoms with Crippen molar-refractivity contribution in [2.45, 2.75) is 12.1 Å². The first-order valence-electron chi connectivity index (χ1n) is 8.87. The van der Waals surface area contributed by atoms with Crippen LogP contribution in [-0.4, -0.2) is 32.1 Å². The number of hydrazone groups is 1. The molecule has 1 aromatic heterocycles. The van der Waals surface area contributed by atoms with E-state index in [-0.39, 0.29) is 11.7 Å². The predicted molar refractivity (Wildman–Crippen MR) is 119 cm³/mol. The molecule has 6 nitrogen and oxygen atoms in total. The number of amides is 1. The third-order valence-electron chi connectivity index (χ3n) is 3.94. The largest absolute Gasteiger partial charge is 0.305 e. The third-order valence-corrected chi connectivity index (χ3v) is 5.22. The van der Waals surface area contributed by atoms with Crippen LogP contribution in [-0.2, 0) is 11.8 Å². The van der Waals surface area contributed by atoms with Gasteiger partial charge in [0, 0.05) is 17.6 Å². The van der Waals surface area contributed by atoms with Gasteiger partial charge in [-0.15, -0.1) is 10.2 Å². The molecule has 1 N–H and O–H groups in total. The fourth-order valence-electron chi connectivity index (χ4n) is 2.42. The van der Waals surface area contributed by atoms with E-state index in [1.807, 2.05) is 73.2 Å². The Bertz CT molecular complexity index is 1030. The summed E-state index contributed by atoms with van der Waals surface area (Å²) < 4.78 is 1.85. The Morgan fingerprint density at radius 2 is 1.90 bits per heavy atom. The van der Waals surface area contributed by atoms with Gasteiger partial charge < -0.3 is 4.57 Å². The maximum Gasteiger partial charge on any atom is 0.250 e. The molecule has 0 saturated heterocycles.